The lowest BCUT2D eigenvalue weighted by Crippen LogP contribution is -2.10. The molecule has 0 saturated carbocycles. The third-order valence-corrected chi connectivity index (χ3v) is 12.3. The van der Waals surface area contributed by atoms with Crippen LogP contribution in [0.1, 0.15) is 0 Å². The first-order valence-electron chi connectivity index (χ1n) is 21.4. The van der Waals surface area contributed by atoms with Gasteiger partial charge in [-0.3, -0.25) is 0 Å². The Balaban J connectivity index is 0.934. The number of rotatable bonds is 8. The highest BCUT2D eigenvalue weighted by molar-refractivity contribution is 6.07. The fourth-order valence-electron chi connectivity index (χ4n) is 9.16. The number of furan rings is 2. The van der Waals surface area contributed by atoms with Crippen molar-refractivity contribution in [2.45, 2.75) is 0 Å². The fourth-order valence-corrected chi connectivity index (χ4v) is 9.16. The molecule has 0 atom stereocenters. The fraction of sp³-hybridized carbons (Fsp3) is 0. The Hall–Kier alpha value is -8.40. The molecule has 63 heavy (non-hydrogen) atoms. The van der Waals surface area contributed by atoms with Crippen molar-refractivity contribution >= 4 is 60.9 Å². The van der Waals surface area contributed by atoms with Crippen LogP contribution in [0.3, 0.4) is 0 Å². The van der Waals surface area contributed by atoms with Crippen LogP contribution in [0.15, 0.2) is 245 Å². The first kappa shape index (κ1) is 36.5. The molecular weight excluding hydrogens is 767 g/mol. The summed E-state index contributed by atoms with van der Waals surface area (Å²) in [6.45, 7) is 0. The van der Waals surface area contributed by atoms with Gasteiger partial charge in [0.15, 0.2) is 0 Å². The Morgan fingerprint density at radius 2 is 0.635 bits per heavy atom. The minimum absolute atomic E-state index is 0.875. The third-order valence-electron chi connectivity index (χ3n) is 12.3. The van der Waals surface area contributed by atoms with Crippen molar-refractivity contribution in [2.24, 2.45) is 0 Å². The topological polar surface area (TPSA) is 29.5 Å². The van der Waals surface area contributed by atoms with Gasteiger partial charge in [0.05, 0.1) is 0 Å². The first-order valence-corrected chi connectivity index (χ1v) is 21.4. The summed E-state index contributed by atoms with van der Waals surface area (Å²) in [5.74, 6) is 0. The molecule has 0 spiro atoms. The van der Waals surface area contributed by atoms with E-state index in [4.69, 9.17) is 8.83 Å². The molecule has 0 amide bonds. The molecule has 296 valence electrons. The van der Waals surface area contributed by atoms with E-state index >= 15 is 0 Å². The van der Waals surface area contributed by atoms with Crippen molar-refractivity contribution in [3.8, 4) is 55.6 Å². The Labute approximate surface area is 365 Å². The van der Waals surface area contributed by atoms with Crippen LogP contribution in [0.25, 0.3) is 99.5 Å². The van der Waals surface area contributed by atoms with Crippen LogP contribution in [-0.2, 0) is 0 Å². The zero-order valence-corrected chi connectivity index (χ0v) is 34.3. The van der Waals surface area contributed by atoms with E-state index in [1.807, 2.05) is 24.3 Å². The van der Waals surface area contributed by atoms with Crippen LogP contribution in [0.4, 0.5) is 17.1 Å². The smallest absolute Gasteiger partial charge is 0.136 e. The van der Waals surface area contributed by atoms with Crippen molar-refractivity contribution in [3.63, 3.8) is 0 Å². The van der Waals surface area contributed by atoms with Gasteiger partial charge < -0.3 is 13.7 Å². The second kappa shape index (κ2) is 15.3. The average molecular weight is 806 g/mol. The summed E-state index contributed by atoms with van der Waals surface area (Å²) in [6, 6.07) is 84.2. The van der Waals surface area contributed by atoms with Gasteiger partial charge in [0.25, 0.3) is 0 Å². The zero-order chi connectivity index (χ0) is 41.7. The molecule has 0 N–H and O–H groups in total. The van der Waals surface area contributed by atoms with E-state index in [0.29, 0.717) is 0 Å². The quantitative estimate of drug-likeness (QED) is 0.153. The second-order valence-corrected chi connectivity index (χ2v) is 16.1. The molecule has 0 unspecified atom stereocenters. The van der Waals surface area contributed by atoms with Crippen LogP contribution in [0, 0.1) is 0 Å². The highest BCUT2D eigenvalue weighted by atomic mass is 16.3. The molecule has 0 bridgehead atoms. The lowest BCUT2D eigenvalue weighted by molar-refractivity contribution is 0.668. The molecule has 3 heteroatoms. The number of nitrogens with zero attached hydrogens (tertiary/aromatic N) is 1. The van der Waals surface area contributed by atoms with Gasteiger partial charge in [-0.15, -0.1) is 0 Å². The molecule has 3 nitrogen and oxygen atoms in total. The van der Waals surface area contributed by atoms with Gasteiger partial charge in [0.2, 0.25) is 0 Å². The van der Waals surface area contributed by atoms with Gasteiger partial charge in [0.1, 0.15) is 22.3 Å². The van der Waals surface area contributed by atoms with Crippen LogP contribution < -0.4 is 4.90 Å². The molecule has 0 radical (unpaired) electrons. The summed E-state index contributed by atoms with van der Waals surface area (Å²) in [4.78, 5) is 2.34. The molecule has 0 aliphatic carbocycles. The van der Waals surface area contributed by atoms with E-state index in [-0.39, 0.29) is 0 Å². The van der Waals surface area contributed by atoms with Gasteiger partial charge in [-0.25, -0.2) is 0 Å². The molecule has 0 aliphatic heterocycles. The number of para-hydroxylation sites is 3. The average Bonchev–Trinajstić information content (AvgIpc) is 3.92. The lowest BCUT2D eigenvalue weighted by Gasteiger charge is -2.26. The van der Waals surface area contributed by atoms with E-state index in [2.05, 4.69) is 217 Å². The van der Waals surface area contributed by atoms with Crippen molar-refractivity contribution in [3.05, 3.63) is 237 Å². The molecule has 0 fully saturated rings. The maximum Gasteiger partial charge on any atom is 0.136 e. The van der Waals surface area contributed by atoms with E-state index in [1.54, 1.807) is 0 Å². The van der Waals surface area contributed by atoms with Gasteiger partial charge >= 0.3 is 0 Å². The van der Waals surface area contributed by atoms with Crippen LogP contribution in [0.5, 0.6) is 0 Å². The predicted octanol–water partition coefficient (Wildman–Crippen LogP) is 17.3. The summed E-state index contributed by atoms with van der Waals surface area (Å²) in [7, 11) is 0. The standard InChI is InChI=1S/C60H39NO2/c1-3-13-40(14-4-1)43-15-11-19-49(35-43)61(48-17-5-2-6-18-48)50-20-12-16-44(36-50)41-25-27-42(28-26-41)51-32-29-45(46-30-33-54-52-21-7-9-23-57(52)62-59(54)38-46)37-56(51)47-31-34-55-53-22-8-10-24-58(53)63-60(55)39-47/h1-39H. The van der Waals surface area contributed by atoms with Crippen molar-refractivity contribution < 1.29 is 8.83 Å². The molecular formula is C60H39NO2. The van der Waals surface area contributed by atoms with E-state index in [0.717, 1.165) is 105 Å². The summed E-state index contributed by atoms with van der Waals surface area (Å²) in [6.07, 6.45) is 0. The normalized spacial score (nSPS) is 11.5. The minimum atomic E-state index is 0.875. The highest BCUT2D eigenvalue weighted by Crippen LogP contribution is 2.42. The summed E-state index contributed by atoms with van der Waals surface area (Å²) >= 11 is 0. The SMILES string of the molecule is c1ccc(-c2cccc(N(c3ccccc3)c3cccc(-c4ccc(-c5ccc(-c6ccc7c(c6)oc6ccccc67)cc5-c5ccc6c(c5)oc5ccccc56)cc4)c3)c2)cc1. The summed E-state index contributed by atoms with van der Waals surface area (Å²) in [5, 5.41) is 4.49. The Kier molecular flexibility index (Phi) is 8.83. The molecule has 12 rings (SSSR count). The number of anilines is 3. The number of hydrogen-bond acceptors (Lipinski definition) is 3. The van der Waals surface area contributed by atoms with Gasteiger partial charge in [-0.1, -0.05) is 158 Å². The van der Waals surface area contributed by atoms with Crippen molar-refractivity contribution in [1.82, 2.24) is 0 Å². The molecule has 12 aromatic rings. The monoisotopic (exact) mass is 805 g/mol. The first-order chi connectivity index (χ1) is 31.2. The van der Waals surface area contributed by atoms with Crippen molar-refractivity contribution in [1.29, 1.82) is 0 Å². The zero-order valence-electron chi connectivity index (χ0n) is 34.3. The molecule has 10 aromatic carbocycles. The van der Waals surface area contributed by atoms with Gasteiger partial charge in [0, 0.05) is 38.6 Å². The Bertz CT molecular complexity index is 3620. The molecule has 2 aromatic heterocycles. The third kappa shape index (κ3) is 6.64. The van der Waals surface area contributed by atoms with E-state index < -0.39 is 0 Å². The maximum absolute atomic E-state index is 6.41. The lowest BCUT2D eigenvalue weighted by atomic mass is 9.90. The van der Waals surface area contributed by atoms with Gasteiger partial charge in [-0.05, 0) is 134 Å². The largest absolute Gasteiger partial charge is 0.456 e. The van der Waals surface area contributed by atoms with Crippen molar-refractivity contribution in [2.75, 3.05) is 4.90 Å². The summed E-state index contributed by atoms with van der Waals surface area (Å²) in [5.41, 5.74) is 18.2. The summed E-state index contributed by atoms with van der Waals surface area (Å²) < 4.78 is 12.7. The second-order valence-electron chi connectivity index (χ2n) is 16.1. The highest BCUT2D eigenvalue weighted by Gasteiger charge is 2.17. The number of fused-ring (bicyclic) bond motifs is 6. The van der Waals surface area contributed by atoms with E-state index in [9.17, 15) is 0 Å². The molecule has 2 heterocycles. The number of hydrogen-bond donors (Lipinski definition) is 0. The van der Waals surface area contributed by atoms with Crippen LogP contribution >= 0.6 is 0 Å². The molecule has 0 aliphatic rings. The van der Waals surface area contributed by atoms with E-state index in [1.165, 1.54) is 11.1 Å². The molecule has 0 saturated heterocycles. The Morgan fingerprint density at radius 3 is 1.27 bits per heavy atom. The van der Waals surface area contributed by atoms with Crippen LogP contribution in [0.2, 0.25) is 0 Å². The minimum Gasteiger partial charge on any atom is -0.456 e. The predicted molar refractivity (Wildman–Crippen MR) is 263 cm³/mol. The Morgan fingerprint density at radius 1 is 0.222 bits per heavy atom. The van der Waals surface area contributed by atoms with Crippen LogP contribution in [-0.4, -0.2) is 0 Å². The number of benzene rings is 10. The van der Waals surface area contributed by atoms with Gasteiger partial charge in [-0.2, -0.15) is 0 Å². The maximum atomic E-state index is 6.41.